The first-order chi connectivity index (χ1) is 11.6. The number of carbonyl (C=O) groups is 1. The maximum atomic E-state index is 11.4. The number of nitrogens with two attached hydrogens (primary N) is 1. The molecule has 2 rings (SSSR count). The Morgan fingerprint density at radius 3 is 2.96 bits per heavy atom. The van der Waals surface area contributed by atoms with Gasteiger partial charge in [0.2, 0.25) is 11.8 Å². The van der Waals surface area contributed by atoms with E-state index in [2.05, 4.69) is 20.3 Å². The number of imidazole rings is 1. The fourth-order valence-corrected chi connectivity index (χ4v) is 2.01. The van der Waals surface area contributed by atoms with Crippen LogP contribution in [0.5, 0.6) is 5.88 Å². The summed E-state index contributed by atoms with van der Waals surface area (Å²) < 4.78 is 17.3. The lowest BCUT2D eigenvalue weighted by Gasteiger charge is -2.13. The number of nitrogen functional groups attached to an aromatic ring is 1. The van der Waals surface area contributed by atoms with E-state index in [0.29, 0.717) is 36.8 Å². The molecule has 0 radical (unpaired) electrons. The van der Waals surface area contributed by atoms with Gasteiger partial charge in [0.1, 0.15) is 6.04 Å². The van der Waals surface area contributed by atoms with E-state index in [1.807, 2.05) is 0 Å². The number of aromatic nitrogens is 4. The highest BCUT2D eigenvalue weighted by atomic mass is 16.5. The highest BCUT2D eigenvalue weighted by Crippen LogP contribution is 2.21. The normalized spacial score (nSPS) is 12.3. The standard InChI is InChI=1S/C14H22N6O4/c1-4-24-13(21)9(2)17-8-23-6-5-20-7-16-10-11(20)18-14(15)19-12(10)22-3/h7,9,17H,4-6,8H2,1-3H3,(H2,15,18,19)/t9-/m0/s1. The maximum absolute atomic E-state index is 11.4. The van der Waals surface area contributed by atoms with Gasteiger partial charge in [-0.15, -0.1) is 0 Å². The summed E-state index contributed by atoms with van der Waals surface area (Å²) in [4.78, 5) is 23.8. The summed E-state index contributed by atoms with van der Waals surface area (Å²) in [5.41, 5.74) is 6.78. The second-order valence-corrected chi connectivity index (χ2v) is 4.93. The maximum Gasteiger partial charge on any atom is 0.322 e. The first-order valence-electron chi connectivity index (χ1n) is 7.56. The molecule has 0 aliphatic carbocycles. The Kier molecular flexibility index (Phi) is 6.27. The molecule has 10 nitrogen and oxygen atoms in total. The Bertz CT molecular complexity index is 689. The van der Waals surface area contributed by atoms with Gasteiger partial charge in [0.05, 0.1) is 33.4 Å². The van der Waals surface area contributed by atoms with Crippen molar-refractivity contribution in [2.75, 3.05) is 32.8 Å². The average Bonchev–Trinajstić information content (AvgIpc) is 2.96. The van der Waals surface area contributed by atoms with Gasteiger partial charge in [-0.3, -0.25) is 10.1 Å². The van der Waals surface area contributed by atoms with Crippen LogP contribution in [0.2, 0.25) is 0 Å². The van der Waals surface area contributed by atoms with E-state index in [1.165, 1.54) is 7.11 Å². The fraction of sp³-hybridized carbons (Fsp3) is 0.571. The van der Waals surface area contributed by atoms with Crippen LogP contribution in [0, 0.1) is 0 Å². The lowest BCUT2D eigenvalue weighted by Crippen LogP contribution is -2.37. The van der Waals surface area contributed by atoms with E-state index < -0.39 is 6.04 Å². The van der Waals surface area contributed by atoms with Crippen molar-refractivity contribution in [2.45, 2.75) is 26.4 Å². The van der Waals surface area contributed by atoms with Gasteiger partial charge in [0.25, 0.3) is 0 Å². The van der Waals surface area contributed by atoms with Gasteiger partial charge in [-0.05, 0) is 13.8 Å². The van der Waals surface area contributed by atoms with Crippen LogP contribution in [0.4, 0.5) is 5.95 Å². The monoisotopic (exact) mass is 338 g/mol. The van der Waals surface area contributed by atoms with Crippen LogP contribution in [-0.2, 0) is 20.8 Å². The Morgan fingerprint density at radius 1 is 1.46 bits per heavy atom. The molecule has 2 heterocycles. The molecular weight excluding hydrogens is 316 g/mol. The molecule has 2 aromatic heterocycles. The van der Waals surface area contributed by atoms with Crippen molar-refractivity contribution in [3.05, 3.63) is 6.33 Å². The van der Waals surface area contributed by atoms with Crippen LogP contribution in [0.3, 0.4) is 0 Å². The summed E-state index contributed by atoms with van der Waals surface area (Å²) in [6.07, 6.45) is 1.62. The highest BCUT2D eigenvalue weighted by molar-refractivity contribution is 5.77. The van der Waals surface area contributed by atoms with Crippen LogP contribution >= 0.6 is 0 Å². The van der Waals surface area contributed by atoms with Crippen LogP contribution in [0.1, 0.15) is 13.8 Å². The van der Waals surface area contributed by atoms with E-state index in [4.69, 9.17) is 19.9 Å². The minimum Gasteiger partial charge on any atom is -0.479 e. The zero-order chi connectivity index (χ0) is 17.5. The second kappa shape index (κ2) is 8.41. The van der Waals surface area contributed by atoms with Gasteiger partial charge in [-0.1, -0.05) is 0 Å². The Morgan fingerprint density at radius 2 is 2.25 bits per heavy atom. The molecule has 1 atom stereocenters. The third-order valence-electron chi connectivity index (χ3n) is 3.25. The molecule has 0 amide bonds. The summed E-state index contributed by atoms with van der Waals surface area (Å²) in [5, 5.41) is 2.92. The van der Waals surface area contributed by atoms with Crippen molar-refractivity contribution in [1.82, 2.24) is 24.8 Å². The minimum atomic E-state index is -0.421. The van der Waals surface area contributed by atoms with E-state index in [-0.39, 0.29) is 18.6 Å². The van der Waals surface area contributed by atoms with Crippen molar-refractivity contribution in [3.63, 3.8) is 0 Å². The van der Waals surface area contributed by atoms with Crippen LogP contribution in [0.25, 0.3) is 11.2 Å². The van der Waals surface area contributed by atoms with Crippen molar-refractivity contribution >= 4 is 23.1 Å². The number of nitrogens with one attached hydrogen (secondary N) is 1. The molecule has 0 spiro atoms. The largest absolute Gasteiger partial charge is 0.479 e. The van der Waals surface area contributed by atoms with E-state index in [9.17, 15) is 4.79 Å². The number of anilines is 1. The van der Waals surface area contributed by atoms with Gasteiger partial charge in [0.15, 0.2) is 11.2 Å². The Labute approximate surface area is 139 Å². The number of carbonyl (C=O) groups excluding carboxylic acids is 1. The van der Waals surface area contributed by atoms with E-state index in [0.717, 1.165) is 0 Å². The predicted octanol–water partition coefficient (Wildman–Crippen LogP) is -0.0676. The number of methoxy groups -OCH3 is 1. The third kappa shape index (κ3) is 4.30. The molecule has 0 bridgehead atoms. The number of fused-ring (bicyclic) bond motifs is 1. The summed E-state index contributed by atoms with van der Waals surface area (Å²) >= 11 is 0. The molecule has 0 aliphatic rings. The van der Waals surface area contributed by atoms with Crippen molar-refractivity contribution in [1.29, 1.82) is 0 Å². The number of hydrogen-bond acceptors (Lipinski definition) is 9. The third-order valence-corrected chi connectivity index (χ3v) is 3.25. The van der Waals surface area contributed by atoms with Crippen molar-refractivity contribution in [2.24, 2.45) is 0 Å². The molecule has 3 N–H and O–H groups in total. The molecule has 24 heavy (non-hydrogen) atoms. The van der Waals surface area contributed by atoms with Crippen molar-refractivity contribution < 1.29 is 19.0 Å². The lowest BCUT2D eigenvalue weighted by atomic mass is 10.3. The number of esters is 1. The molecule has 0 aliphatic heterocycles. The number of rotatable bonds is 9. The van der Waals surface area contributed by atoms with Gasteiger partial charge >= 0.3 is 5.97 Å². The highest BCUT2D eigenvalue weighted by Gasteiger charge is 2.14. The predicted molar refractivity (Wildman–Crippen MR) is 86.3 cm³/mol. The Balaban J connectivity index is 1.84. The van der Waals surface area contributed by atoms with E-state index >= 15 is 0 Å². The molecule has 0 saturated carbocycles. The molecule has 2 aromatic rings. The fourth-order valence-electron chi connectivity index (χ4n) is 2.01. The summed E-state index contributed by atoms with van der Waals surface area (Å²) in [7, 11) is 1.50. The summed E-state index contributed by atoms with van der Waals surface area (Å²) in [5.74, 6) is 0.148. The second-order valence-electron chi connectivity index (χ2n) is 4.93. The SMILES string of the molecule is CCOC(=O)[C@H](C)NCOCCn1cnc2c(OC)nc(N)nc21. The molecule has 0 saturated heterocycles. The first kappa shape index (κ1) is 17.9. The zero-order valence-electron chi connectivity index (χ0n) is 14.0. The quantitative estimate of drug-likeness (QED) is 0.367. The topological polar surface area (TPSA) is 126 Å². The summed E-state index contributed by atoms with van der Waals surface area (Å²) in [6.45, 7) is 4.99. The van der Waals surface area contributed by atoms with Crippen LogP contribution in [-0.4, -0.2) is 58.6 Å². The van der Waals surface area contributed by atoms with Gasteiger partial charge in [-0.25, -0.2) is 4.98 Å². The lowest BCUT2D eigenvalue weighted by molar-refractivity contribution is -0.145. The first-order valence-corrected chi connectivity index (χ1v) is 7.56. The van der Waals surface area contributed by atoms with E-state index in [1.54, 1.807) is 24.7 Å². The zero-order valence-corrected chi connectivity index (χ0v) is 14.0. The molecule has 0 fully saturated rings. The number of hydrogen-bond donors (Lipinski definition) is 2. The molecular formula is C14H22N6O4. The average molecular weight is 338 g/mol. The molecule has 132 valence electrons. The Hall–Kier alpha value is -2.46. The van der Waals surface area contributed by atoms with Gasteiger partial charge in [-0.2, -0.15) is 9.97 Å². The van der Waals surface area contributed by atoms with Crippen LogP contribution in [0.15, 0.2) is 6.33 Å². The summed E-state index contributed by atoms with van der Waals surface area (Å²) in [6, 6.07) is -0.421. The van der Waals surface area contributed by atoms with Crippen LogP contribution < -0.4 is 15.8 Å². The molecule has 0 aromatic carbocycles. The molecule has 10 heteroatoms. The number of nitrogens with zero attached hydrogens (tertiary/aromatic N) is 4. The van der Waals surface area contributed by atoms with Gasteiger partial charge < -0.3 is 24.5 Å². The molecule has 0 unspecified atom stereocenters. The minimum absolute atomic E-state index is 0.118. The van der Waals surface area contributed by atoms with Gasteiger partial charge in [0, 0.05) is 6.54 Å². The number of ether oxygens (including phenoxy) is 3. The van der Waals surface area contributed by atoms with Crippen molar-refractivity contribution in [3.8, 4) is 5.88 Å². The smallest absolute Gasteiger partial charge is 0.322 e.